The third-order valence-electron chi connectivity index (χ3n) is 4.59. The number of nitrogens with two attached hydrogens (primary N) is 1. The molecule has 8 heteroatoms. The van der Waals surface area contributed by atoms with Crippen LogP contribution in [0.2, 0.25) is 0 Å². The molecular formula is C19H17N7S. The highest BCUT2D eigenvalue weighted by Crippen LogP contribution is 2.37. The molecule has 3 N–H and O–H groups in total. The van der Waals surface area contributed by atoms with E-state index in [2.05, 4.69) is 33.3 Å². The van der Waals surface area contributed by atoms with Gasteiger partial charge in [-0.25, -0.2) is 20.9 Å². The van der Waals surface area contributed by atoms with Crippen LogP contribution < -0.4 is 5.84 Å². The summed E-state index contributed by atoms with van der Waals surface area (Å²) < 4.78 is 1.93. The molecule has 0 bridgehead atoms. The number of aryl methyl sites for hydroxylation is 1. The predicted molar refractivity (Wildman–Crippen MR) is 108 cm³/mol. The molecule has 0 saturated carbocycles. The summed E-state index contributed by atoms with van der Waals surface area (Å²) in [6.45, 7) is 1.97. The molecule has 1 atom stereocenters. The van der Waals surface area contributed by atoms with E-state index in [9.17, 15) is 0 Å². The Labute approximate surface area is 159 Å². The zero-order valence-corrected chi connectivity index (χ0v) is 15.4. The minimum atomic E-state index is -0.00892. The Hall–Kier alpha value is -3.10. The smallest absolute Gasteiger partial charge is 0.140 e. The molecule has 27 heavy (non-hydrogen) atoms. The summed E-state index contributed by atoms with van der Waals surface area (Å²) in [6.07, 6.45) is 5.74. The van der Waals surface area contributed by atoms with Gasteiger partial charge < -0.3 is 4.98 Å². The van der Waals surface area contributed by atoms with Crippen molar-refractivity contribution in [3.63, 3.8) is 0 Å². The number of H-pyrrole nitrogens is 1. The summed E-state index contributed by atoms with van der Waals surface area (Å²) in [4.78, 5) is 12.5. The van der Waals surface area contributed by atoms with Crippen molar-refractivity contribution in [2.75, 3.05) is 0 Å². The van der Waals surface area contributed by atoms with Crippen molar-refractivity contribution in [1.82, 2.24) is 24.6 Å². The topological polar surface area (TPSA) is 88.1 Å². The van der Waals surface area contributed by atoms with Crippen LogP contribution in [0.4, 0.5) is 0 Å². The summed E-state index contributed by atoms with van der Waals surface area (Å²) >= 11 is 1.59. The number of hydrogen-bond donors (Lipinski definition) is 2. The molecule has 1 aromatic carbocycles. The second-order valence-electron chi connectivity index (χ2n) is 6.40. The van der Waals surface area contributed by atoms with E-state index in [0.717, 1.165) is 39.2 Å². The summed E-state index contributed by atoms with van der Waals surface area (Å²) in [5, 5.41) is 6.70. The maximum Gasteiger partial charge on any atom is 0.140 e. The average molecular weight is 375 g/mol. The highest BCUT2D eigenvalue weighted by atomic mass is 32.2. The Kier molecular flexibility index (Phi) is 3.73. The van der Waals surface area contributed by atoms with E-state index in [0.29, 0.717) is 0 Å². The Bertz CT molecular complexity index is 1160. The molecule has 0 aliphatic carbocycles. The molecular weight excluding hydrogens is 358 g/mol. The van der Waals surface area contributed by atoms with Crippen LogP contribution in [0.5, 0.6) is 0 Å². The standard InChI is InChI=1S/C19H17N7S/c1-12-9-25(10-22-12)18-4-2-3-17(24-18)15-8-21-16-6-5-13(7-14(15)16)19-26(20)23-11-27-19/h2-11,19,21H,20H2,1H3. The number of aromatic nitrogens is 4. The van der Waals surface area contributed by atoms with E-state index in [1.165, 1.54) is 5.12 Å². The molecule has 4 heterocycles. The quantitative estimate of drug-likeness (QED) is 0.534. The van der Waals surface area contributed by atoms with E-state index in [-0.39, 0.29) is 5.37 Å². The van der Waals surface area contributed by atoms with Crippen molar-refractivity contribution in [3.8, 4) is 17.1 Å². The predicted octanol–water partition coefficient (Wildman–Crippen LogP) is 3.59. The van der Waals surface area contributed by atoms with Crippen molar-refractivity contribution in [1.29, 1.82) is 0 Å². The molecule has 4 aromatic rings. The number of benzene rings is 1. The van der Waals surface area contributed by atoms with Gasteiger partial charge in [0.2, 0.25) is 0 Å². The van der Waals surface area contributed by atoms with Gasteiger partial charge in [-0.2, -0.15) is 5.10 Å². The first-order chi connectivity index (χ1) is 13.2. The number of imidazole rings is 1. The number of hydrazone groups is 1. The van der Waals surface area contributed by atoms with Gasteiger partial charge in [-0.05, 0) is 36.8 Å². The Morgan fingerprint density at radius 3 is 2.93 bits per heavy atom. The highest BCUT2D eigenvalue weighted by molar-refractivity contribution is 8.12. The lowest BCUT2D eigenvalue weighted by Crippen LogP contribution is -2.24. The third-order valence-corrected chi connectivity index (χ3v) is 5.55. The molecule has 1 aliphatic rings. The van der Waals surface area contributed by atoms with E-state index in [1.54, 1.807) is 23.6 Å². The van der Waals surface area contributed by atoms with Crippen molar-refractivity contribution >= 4 is 28.2 Å². The summed E-state index contributed by atoms with van der Waals surface area (Å²) in [5.74, 6) is 6.79. The third kappa shape index (κ3) is 2.79. The van der Waals surface area contributed by atoms with Crippen LogP contribution in [0, 0.1) is 6.92 Å². The zero-order valence-electron chi connectivity index (χ0n) is 14.6. The number of thioether (sulfide) groups is 1. The minimum Gasteiger partial charge on any atom is -0.360 e. The average Bonchev–Trinajstić information content (AvgIpc) is 3.41. The van der Waals surface area contributed by atoms with E-state index < -0.39 is 0 Å². The second-order valence-corrected chi connectivity index (χ2v) is 7.33. The number of fused-ring (bicyclic) bond motifs is 1. The molecule has 0 saturated heterocycles. The normalized spacial score (nSPS) is 16.5. The molecule has 1 aliphatic heterocycles. The molecule has 0 radical (unpaired) electrons. The number of aromatic amines is 1. The molecule has 7 nitrogen and oxygen atoms in total. The van der Waals surface area contributed by atoms with E-state index >= 15 is 0 Å². The van der Waals surface area contributed by atoms with Gasteiger partial charge in [0.1, 0.15) is 17.5 Å². The lowest BCUT2D eigenvalue weighted by molar-refractivity contribution is 0.291. The summed E-state index contributed by atoms with van der Waals surface area (Å²) in [6, 6.07) is 12.3. The van der Waals surface area contributed by atoms with Gasteiger partial charge >= 0.3 is 0 Å². The van der Waals surface area contributed by atoms with Crippen molar-refractivity contribution in [2.45, 2.75) is 12.3 Å². The fourth-order valence-electron chi connectivity index (χ4n) is 3.26. The largest absolute Gasteiger partial charge is 0.360 e. The number of hydrogen-bond acceptors (Lipinski definition) is 6. The SMILES string of the molecule is Cc1cn(-c2cccc(-c3c[nH]c4ccc(C5SC=NN5N)cc34)n2)cn1. The first-order valence-corrected chi connectivity index (χ1v) is 9.44. The fraction of sp³-hybridized carbons (Fsp3) is 0.105. The van der Waals surface area contributed by atoms with Crippen LogP contribution in [0.15, 0.2) is 60.2 Å². The molecule has 5 rings (SSSR count). The maximum absolute atomic E-state index is 5.95. The Balaban J connectivity index is 1.59. The monoisotopic (exact) mass is 375 g/mol. The zero-order chi connectivity index (χ0) is 18.4. The molecule has 134 valence electrons. The number of hydrazine groups is 1. The summed E-state index contributed by atoms with van der Waals surface area (Å²) in [5.41, 5.74) is 6.86. The Morgan fingerprint density at radius 1 is 1.22 bits per heavy atom. The van der Waals surface area contributed by atoms with E-state index in [1.807, 2.05) is 42.1 Å². The maximum atomic E-state index is 5.95. The molecule has 0 amide bonds. The van der Waals surface area contributed by atoms with Crippen LogP contribution in [-0.4, -0.2) is 30.2 Å². The fourth-order valence-corrected chi connectivity index (χ4v) is 4.02. The molecule has 1 unspecified atom stereocenters. The van der Waals surface area contributed by atoms with Crippen molar-refractivity contribution in [2.24, 2.45) is 10.9 Å². The van der Waals surface area contributed by atoms with E-state index in [4.69, 9.17) is 10.8 Å². The highest BCUT2D eigenvalue weighted by Gasteiger charge is 2.22. The summed E-state index contributed by atoms with van der Waals surface area (Å²) in [7, 11) is 0. The number of rotatable bonds is 3. The van der Waals surface area contributed by atoms with Crippen LogP contribution in [0.3, 0.4) is 0 Å². The number of pyridine rings is 1. The van der Waals surface area contributed by atoms with Crippen molar-refractivity contribution < 1.29 is 0 Å². The molecule has 0 spiro atoms. The van der Waals surface area contributed by atoms with Gasteiger partial charge in [0.25, 0.3) is 0 Å². The van der Waals surface area contributed by atoms with Crippen LogP contribution in [-0.2, 0) is 0 Å². The lowest BCUT2D eigenvalue weighted by atomic mass is 10.1. The van der Waals surface area contributed by atoms with Gasteiger partial charge in [-0.15, -0.1) is 0 Å². The first kappa shape index (κ1) is 16.1. The van der Waals surface area contributed by atoms with Gasteiger partial charge in [0.15, 0.2) is 0 Å². The van der Waals surface area contributed by atoms with Crippen LogP contribution in [0.25, 0.3) is 28.0 Å². The number of nitrogens with one attached hydrogen (secondary N) is 1. The molecule has 0 fully saturated rings. The number of nitrogens with zero attached hydrogens (tertiary/aromatic N) is 5. The molecule has 3 aromatic heterocycles. The van der Waals surface area contributed by atoms with Gasteiger partial charge in [-0.1, -0.05) is 23.9 Å². The van der Waals surface area contributed by atoms with Gasteiger partial charge in [-0.3, -0.25) is 4.57 Å². The van der Waals surface area contributed by atoms with Gasteiger partial charge in [0, 0.05) is 28.9 Å². The van der Waals surface area contributed by atoms with Crippen LogP contribution in [0.1, 0.15) is 16.6 Å². The first-order valence-electron chi connectivity index (χ1n) is 8.50. The van der Waals surface area contributed by atoms with Crippen LogP contribution >= 0.6 is 11.8 Å². The minimum absolute atomic E-state index is 0.00892. The van der Waals surface area contributed by atoms with Crippen molar-refractivity contribution in [3.05, 3.63) is 66.4 Å². The van der Waals surface area contributed by atoms with Gasteiger partial charge in [0.05, 0.1) is 16.9 Å². The second kappa shape index (κ2) is 6.26. The Morgan fingerprint density at radius 2 is 2.15 bits per heavy atom. The lowest BCUT2D eigenvalue weighted by Gasteiger charge is -2.17.